The van der Waals surface area contributed by atoms with Crippen molar-refractivity contribution in [2.75, 3.05) is 19.7 Å². The second-order valence-corrected chi connectivity index (χ2v) is 6.16. The van der Waals surface area contributed by atoms with E-state index in [1.807, 2.05) is 32.0 Å². The Bertz CT molecular complexity index is 749. The topological polar surface area (TPSA) is 87.7 Å². The highest BCUT2D eigenvalue weighted by Gasteiger charge is 2.22. The maximum atomic E-state index is 12.3. The predicted octanol–water partition coefficient (Wildman–Crippen LogP) is 1.92. The van der Waals surface area contributed by atoms with Crippen molar-refractivity contribution in [2.45, 2.75) is 26.1 Å². The lowest BCUT2D eigenvalue weighted by Crippen LogP contribution is -2.46. The average Bonchev–Trinajstić information content (AvgIpc) is 2.69. The Labute approximate surface area is 159 Å². The zero-order valence-corrected chi connectivity index (χ0v) is 15.6. The van der Waals surface area contributed by atoms with Crippen LogP contribution in [0, 0.1) is 6.92 Å². The van der Waals surface area contributed by atoms with Crippen molar-refractivity contribution in [2.24, 2.45) is 0 Å². The molecule has 0 aliphatic heterocycles. The van der Waals surface area contributed by atoms with E-state index in [4.69, 9.17) is 4.74 Å². The first-order valence-electron chi connectivity index (χ1n) is 8.99. The van der Waals surface area contributed by atoms with Crippen molar-refractivity contribution in [1.82, 2.24) is 10.6 Å². The van der Waals surface area contributed by atoms with Crippen molar-refractivity contribution in [1.29, 1.82) is 0 Å². The van der Waals surface area contributed by atoms with Crippen molar-refractivity contribution in [3.63, 3.8) is 0 Å². The number of ether oxygens (including phenoxy) is 1. The summed E-state index contributed by atoms with van der Waals surface area (Å²) < 4.78 is 5.54. The minimum Gasteiger partial charge on any atom is -0.388 e. The van der Waals surface area contributed by atoms with E-state index < -0.39 is 12.2 Å². The van der Waals surface area contributed by atoms with Crippen LogP contribution in [0.4, 0.5) is 0 Å². The fourth-order valence-electron chi connectivity index (χ4n) is 2.66. The van der Waals surface area contributed by atoms with E-state index in [2.05, 4.69) is 10.6 Å². The average molecular weight is 370 g/mol. The summed E-state index contributed by atoms with van der Waals surface area (Å²) in [6.07, 6.45) is -1.58. The van der Waals surface area contributed by atoms with Crippen LogP contribution in [-0.4, -0.2) is 48.8 Å². The summed E-state index contributed by atoms with van der Waals surface area (Å²) in [4.78, 5) is 24.4. The van der Waals surface area contributed by atoms with Gasteiger partial charge in [-0.2, -0.15) is 0 Å². The summed E-state index contributed by atoms with van der Waals surface area (Å²) in [6, 6.07) is 16.1. The molecule has 0 aliphatic carbocycles. The highest BCUT2D eigenvalue weighted by atomic mass is 16.5. The molecule has 0 heterocycles. The van der Waals surface area contributed by atoms with Gasteiger partial charge in [-0.3, -0.25) is 9.59 Å². The van der Waals surface area contributed by atoms with Crippen molar-refractivity contribution in [3.8, 4) is 0 Å². The van der Waals surface area contributed by atoms with E-state index >= 15 is 0 Å². The van der Waals surface area contributed by atoms with Gasteiger partial charge in [0.25, 0.3) is 11.8 Å². The lowest BCUT2D eigenvalue weighted by atomic mass is 10.1. The largest absolute Gasteiger partial charge is 0.388 e. The Morgan fingerprint density at radius 3 is 2.26 bits per heavy atom. The summed E-state index contributed by atoms with van der Waals surface area (Å²) >= 11 is 0. The first-order chi connectivity index (χ1) is 13.0. The van der Waals surface area contributed by atoms with Crippen LogP contribution in [0.1, 0.15) is 33.2 Å². The number of hydrogen-bond acceptors (Lipinski definition) is 4. The highest BCUT2D eigenvalue weighted by molar-refractivity contribution is 5.95. The fourth-order valence-corrected chi connectivity index (χ4v) is 2.66. The molecule has 0 aromatic heterocycles. The number of hydrogen-bond donors (Lipinski definition) is 3. The lowest BCUT2D eigenvalue weighted by molar-refractivity contribution is -0.0287. The molecule has 3 N–H and O–H groups in total. The van der Waals surface area contributed by atoms with E-state index in [0.29, 0.717) is 17.7 Å². The van der Waals surface area contributed by atoms with Crippen LogP contribution in [0.5, 0.6) is 0 Å². The Kier molecular flexibility index (Phi) is 7.98. The number of amides is 2. The van der Waals surface area contributed by atoms with Crippen molar-refractivity contribution in [3.05, 3.63) is 71.3 Å². The highest BCUT2D eigenvalue weighted by Crippen LogP contribution is 2.07. The number of aliphatic hydroxyl groups is 1. The summed E-state index contributed by atoms with van der Waals surface area (Å²) in [7, 11) is 0. The van der Waals surface area contributed by atoms with Gasteiger partial charge in [-0.15, -0.1) is 0 Å². The summed E-state index contributed by atoms with van der Waals surface area (Å²) in [5.74, 6) is -0.493. The molecule has 6 nitrogen and oxygen atoms in total. The zero-order chi connectivity index (χ0) is 19.6. The first kappa shape index (κ1) is 20.6. The third-order valence-corrected chi connectivity index (χ3v) is 4.17. The van der Waals surface area contributed by atoms with E-state index in [1.54, 1.807) is 36.4 Å². The smallest absolute Gasteiger partial charge is 0.251 e. The SMILES string of the molecule is CCO[C@H](CNC(=O)c1ccccc1C)[C@@H](O)CNC(=O)c1ccccc1. The number of benzene rings is 2. The van der Waals surface area contributed by atoms with Gasteiger partial charge >= 0.3 is 0 Å². The normalized spacial score (nSPS) is 12.9. The van der Waals surface area contributed by atoms with Crippen LogP contribution in [0.15, 0.2) is 54.6 Å². The van der Waals surface area contributed by atoms with Crippen molar-refractivity contribution < 1.29 is 19.4 Å². The fraction of sp³-hybridized carbons (Fsp3) is 0.333. The molecule has 0 fully saturated rings. The maximum absolute atomic E-state index is 12.3. The molecule has 0 unspecified atom stereocenters. The van der Waals surface area contributed by atoms with Gasteiger partial charge < -0.3 is 20.5 Å². The van der Waals surface area contributed by atoms with E-state index in [0.717, 1.165) is 5.56 Å². The Morgan fingerprint density at radius 1 is 0.963 bits per heavy atom. The minimum absolute atomic E-state index is 0.0264. The zero-order valence-electron chi connectivity index (χ0n) is 15.6. The second kappa shape index (κ2) is 10.4. The quantitative estimate of drug-likeness (QED) is 0.629. The minimum atomic E-state index is -0.949. The second-order valence-electron chi connectivity index (χ2n) is 6.16. The van der Waals surface area contributed by atoms with Crippen LogP contribution in [-0.2, 0) is 4.74 Å². The lowest BCUT2D eigenvalue weighted by Gasteiger charge is -2.23. The van der Waals surface area contributed by atoms with Crippen molar-refractivity contribution >= 4 is 11.8 Å². The third-order valence-electron chi connectivity index (χ3n) is 4.17. The molecule has 0 saturated carbocycles. The van der Waals surface area contributed by atoms with Gasteiger partial charge in [0.15, 0.2) is 0 Å². The molecule has 2 atom stereocenters. The molecule has 0 spiro atoms. The molecule has 2 aromatic rings. The molecule has 0 saturated heterocycles. The molecule has 6 heteroatoms. The van der Waals surface area contributed by atoms with Gasteiger partial charge in [0.2, 0.25) is 0 Å². The Balaban J connectivity index is 1.88. The molecule has 0 bridgehead atoms. The van der Waals surface area contributed by atoms with Crippen LogP contribution < -0.4 is 10.6 Å². The number of nitrogens with one attached hydrogen (secondary N) is 2. The number of aliphatic hydroxyl groups excluding tert-OH is 1. The van der Waals surface area contributed by atoms with E-state index in [-0.39, 0.29) is 24.9 Å². The number of aryl methyl sites for hydroxylation is 1. The molecule has 144 valence electrons. The third kappa shape index (κ3) is 6.20. The standard InChI is InChI=1S/C21H26N2O4/c1-3-27-19(14-23-21(26)17-12-8-7-9-15(17)2)18(24)13-22-20(25)16-10-5-4-6-11-16/h4-12,18-19,24H,3,13-14H2,1-2H3,(H,22,25)(H,23,26)/t18-,19+/m0/s1. The van der Waals surface area contributed by atoms with Gasteiger partial charge in [-0.25, -0.2) is 0 Å². The monoisotopic (exact) mass is 370 g/mol. The van der Waals surface area contributed by atoms with Crippen LogP contribution >= 0.6 is 0 Å². The molecule has 0 aliphatic rings. The van der Waals surface area contributed by atoms with Crippen LogP contribution in [0.2, 0.25) is 0 Å². The van der Waals surface area contributed by atoms with Crippen LogP contribution in [0.3, 0.4) is 0 Å². The van der Waals surface area contributed by atoms with Gasteiger partial charge in [0, 0.05) is 30.8 Å². The predicted molar refractivity (Wildman–Crippen MR) is 104 cm³/mol. The molecule has 27 heavy (non-hydrogen) atoms. The van der Waals surface area contributed by atoms with Gasteiger partial charge in [0.1, 0.15) is 6.10 Å². The molecule has 2 aromatic carbocycles. The molecule has 0 radical (unpaired) electrons. The maximum Gasteiger partial charge on any atom is 0.251 e. The summed E-state index contributed by atoms with van der Waals surface area (Å²) in [5.41, 5.74) is 1.98. The Hall–Kier alpha value is -2.70. The molecular formula is C21H26N2O4. The number of carbonyl (C=O) groups is 2. The molecular weight excluding hydrogens is 344 g/mol. The van der Waals surface area contributed by atoms with Crippen LogP contribution in [0.25, 0.3) is 0 Å². The Morgan fingerprint density at radius 2 is 1.59 bits per heavy atom. The number of rotatable bonds is 9. The van der Waals surface area contributed by atoms with Gasteiger partial charge in [0.05, 0.1) is 6.10 Å². The molecule has 2 amide bonds. The summed E-state index contributed by atoms with van der Waals surface area (Å²) in [5, 5.41) is 15.9. The first-order valence-corrected chi connectivity index (χ1v) is 8.99. The summed E-state index contributed by atoms with van der Waals surface area (Å²) in [6.45, 7) is 4.23. The number of carbonyl (C=O) groups excluding carboxylic acids is 2. The van der Waals surface area contributed by atoms with E-state index in [1.165, 1.54) is 0 Å². The van der Waals surface area contributed by atoms with Gasteiger partial charge in [-0.1, -0.05) is 36.4 Å². The molecule has 2 rings (SSSR count). The van der Waals surface area contributed by atoms with Gasteiger partial charge in [-0.05, 0) is 37.6 Å². The van der Waals surface area contributed by atoms with E-state index in [9.17, 15) is 14.7 Å².